The molecule has 0 radical (unpaired) electrons. The maximum Gasteiger partial charge on any atom is 0.269 e. The number of rotatable bonds is 6. The molecule has 1 aliphatic rings. The second kappa shape index (κ2) is 6.34. The zero-order chi connectivity index (χ0) is 14.5. The molecule has 0 atom stereocenters. The van der Waals surface area contributed by atoms with Crippen LogP contribution in [0, 0.1) is 0 Å². The van der Waals surface area contributed by atoms with Crippen LogP contribution < -0.4 is 10.6 Å². The summed E-state index contributed by atoms with van der Waals surface area (Å²) in [5, 5.41) is 5.94. The Hall–Kier alpha value is -2.14. The molecule has 0 saturated carbocycles. The summed E-state index contributed by atoms with van der Waals surface area (Å²) in [7, 11) is 1.59. The van der Waals surface area contributed by atoms with E-state index in [4.69, 9.17) is 0 Å². The number of likely N-dealkylation sites (tertiary alicyclic amines) is 1. The first kappa shape index (κ1) is 14.3. The fourth-order valence-corrected chi connectivity index (χ4v) is 2.12. The van der Waals surface area contributed by atoms with Gasteiger partial charge in [0.05, 0.1) is 17.9 Å². The third-order valence-corrected chi connectivity index (χ3v) is 3.27. The van der Waals surface area contributed by atoms with Crippen LogP contribution in [-0.2, 0) is 0 Å². The Morgan fingerprint density at radius 1 is 1.55 bits per heavy atom. The van der Waals surface area contributed by atoms with Gasteiger partial charge in [-0.25, -0.2) is 4.98 Å². The highest BCUT2D eigenvalue weighted by atomic mass is 16.1. The lowest BCUT2D eigenvalue weighted by molar-refractivity contribution is 0.0958. The lowest BCUT2D eigenvalue weighted by Crippen LogP contribution is -2.54. The van der Waals surface area contributed by atoms with Crippen molar-refractivity contribution in [2.45, 2.75) is 6.04 Å². The predicted molar refractivity (Wildman–Crippen MR) is 80.8 cm³/mol. The first-order chi connectivity index (χ1) is 9.62. The molecule has 2 rings (SSSR count). The smallest absolute Gasteiger partial charge is 0.269 e. The second-order valence-electron chi connectivity index (χ2n) is 4.91. The standard InChI is InChI=1S/C15H20N4O/c1-4-11(2)8-19-9-13(10-19)18-12-5-6-14(17-7-12)15(20)16-3/h4-7,13,18H,1-2,8-10H2,3H3,(H,16,20). The van der Waals surface area contributed by atoms with Crippen molar-refractivity contribution in [3.8, 4) is 0 Å². The van der Waals surface area contributed by atoms with Crippen LogP contribution >= 0.6 is 0 Å². The van der Waals surface area contributed by atoms with Gasteiger partial charge in [0.15, 0.2) is 0 Å². The highest BCUT2D eigenvalue weighted by molar-refractivity contribution is 5.92. The summed E-state index contributed by atoms with van der Waals surface area (Å²) in [6.45, 7) is 10.4. The SMILES string of the molecule is C=CC(=C)CN1CC(Nc2ccc(C(=O)NC)nc2)C1. The van der Waals surface area contributed by atoms with Crippen LogP contribution in [0.5, 0.6) is 0 Å². The van der Waals surface area contributed by atoms with Crippen molar-refractivity contribution in [2.75, 3.05) is 32.0 Å². The molecule has 1 aromatic rings. The summed E-state index contributed by atoms with van der Waals surface area (Å²) in [6.07, 6.45) is 3.48. The van der Waals surface area contributed by atoms with Crippen LogP contribution in [0.3, 0.4) is 0 Å². The van der Waals surface area contributed by atoms with Crippen LogP contribution in [0.2, 0.25) is 0 Å². The van der Waals surface area contributed by atoms with Gasteiger partial charge in [0, 0.05) is 26.7 Å². The fraction of sp³-hybridized carbons (Fsp3) is 0.333. The number of carbonyl (C=O) groups is 1. The summed E-state index contributed by atoms with van der Waals surface area (Å²) >= 11 is 0. The van der Waals surface area contributed by atoms with Gasteiger partial charge < -0.3 is 10.6 Å². The number of nitrogens with one attached hydrogen (secondary N) is 2. The van der Waals surface area contributed by atoms with E-state index in [1.807, 2.05) is 6.07 Å². The summed E-state index contributed by atoms with van der Waals surface area (Å²) in [5.74, 6) is -0.172. The molecule has 20 heavy (non-hydrogen) atoms. The number of hydrogen-bond donors (Lipinski definition) is 2. The largest absolute Gasteiger partial charge is 0.378 e. The number of carbonyl (C=O) groups excluding carboxylic acids is 1. The predicted octanol–water partition coefficient (Wildman–Crippen LogP) is 1.28. The van der Waals surface area contributed by atoms with Gasteiger partial charge in [-0.1, -0.05) is 19.2 Å². The van der Waals surface area contributed by atoms with E-state index in [0.29, 0.717) is 11.7 Å². The molecule has 1 aliphatic heterocycles. The van der Waals surface area contributed by atoms with Gasteiger partial charge in [-0.2, -0.15) is 0 Å². The third-order valence-electron chi connectivity index (χ3n) is 3.27. The molecule has 0 aromatic carbocycles. The minimum Gasteiger partial charge on any atom is -0.378 e. The van der Waals surface area contributed by atoms with E-state index >= 15 is 0 Å². The fourth-order valence-electron chi connectivity index (χ4n) is 2.12. The molecule has 0 spiro atoms. The molecule has 2 heterocycles. The first-order valence-electron chi connectivity index (χ1n) is 6.59. The summed E-state index contributed by atoms with van der Waals surface area (Å²) in [5.41, 5.74) is 2.40. The van der Waals surface area contributed by atoms with Gasteiger partial charge >= 0.3 is 0 Å². The van der Waals surface area contributed by atoms with Crippen molar-refractivity contribution < 1.29 is 4.79 Å². The number of nitrogens with zero attached hydrogens (tertiary/aromatic N) is 2. The molecule has 1 saturated heterocycles. The highest BCUT2D eigenvalue weighted by Crippen LogP contribution is 2.16. The summed E-state index contributed by atoms with van der Waals surface area (Å²) in [6, 6.07) is 4.01. The molecular formula is C15H20N4O. The average Bonchev–Trinajstić information content (AvgIpc) is 2.44. The zero-order valence-electron chi connectivity index (χ0n) is 11.7. The number of hydrogen-bond acceptors (Lipinski definition) is 4. The van der Waals surface area contributed by atoms with Crippen LogP contribution in [-0.4, -0.2) is 48.5 Å². The summed E-state index contributed by atoms with van der Waals surface area (Å²) in [4.78, 5) is 17.8. The lowest BCUT2D eigenvalue weighted by atomic mass is 10.1. The molecule has 0 aliphatic carbocycles. The van der Waals surface area contributed by atoms with Crippen LogP contribution in [0.1, 0.15) is 10.5 Å². The van der Waals surface area contributed by atoms with Crippen molar-refractivity contribution in [2.24, 2.45) is 0 Å². The van der Waals surface area contributed by atoms with Crippen LogP contribution in [0.25, 0.3) is 0 Å². The van der Waals surface area contributed by atoms with E-state index in [9.17, 15) is 4.79 Å². The Morgan fingerprint density at radius 2 is 2.30 bits per heavy atom. The topological polar surface area (TPSA) is 57.3 Å². The van der Waals surface area contributed by atoms with E-state index < -0.39 is 0 Å². The van der Waals surface area contributed by atoms with Crippen LogP contribution in [0.4, 0.5) is 5.69 Å². The van der Waals surface area contributed by atoms with E-state index in [1.165, 1.54) is 0 Å². The van der Waals surface area contributed by atoms with Gasteiger partial charge in [0.1, 0.15) is 5.69 Å². The van der Waals surface area contributed by atoms with Gasteiger partial charge in [-0.05, 0) is 17.7 Å². The highest BCUT2D eigenvalue weighted by Gasteiger charge is 2.26. The van der Waals surface area contributed by atoms with Crippen molar-refractivity contribution in [3.05, 3.63) is 48.8 Å². The molecule has 5 heteroatoms. The quantitative estimate of drug-likeness (QED) is 0.766. The van der Waals surface area contributed by atoms with Gasteiger partial charge in [-0.3, -0.25) is 9.69 Å². The Balaban J connectivity index is 1.80. The number of pyridine rings is 1. The van der Waals surface area contributed by atoms with E-state index in [0.717, 1.165) is 30.9 Å². The van der Waals surface area contributed by atoms with Gasteiger partial charge in [-0.15, -0.1) is 0 Å². The van der Waals surface area contributed by atoms with Crippen molar-refractivity contribution in [1.29, 1.82) is 0 Å². The number of anilines is 1. The van der Waals surface area contributed by atoms with Crippen LogP contribution in [0.15, 0.2) is 43.1 Å². The maximum atomic E-state index is 11.4. The lowest BCUT2D eigenvalue weighted by Gasteiger charge is -2.40. The van der Waals surface area contributed by atoms with Gasteiger partial charge in [0.25, 0.3) is 5.91 Å². The van der Waals surface area contributed by atoms with E-state index in [2.05, 4.69) is 33.7 Å². The van der Waals surface area contributed by atoms with E-state index in [1.54, 1.807) is 25.4 Å². The molecule has 0 bridgehead atoms. The Labute approximate surface area is 119 Å². The average molecular weight is 272 g/mol. The second-order valence-corrected chi connectivity index (χ2v) is 4.91. The van der Waals surface area contributed by atoms with Crippen molar-refractivity contribution in [1.82, 2.24) is 15.2 Å². The molecule has 1 amide bonds. The Kier molecular flexibility index (Phi) is 4.53. The molecule has 0 unspecified atom stereocenters. The summed E-state index contributed by atoms with van der Waals surface area (Å²) < 4.78 is 0. The van der Waals surface area contributed by atoms with Crippen molar-refractivity contribution in [3.63, 3.8) is 0 Å². The molecule has 2 N–H and O–H groups in total. The monoisotopic (exact) mass is 272 g/mol. The molecule has 5 nitrogen and oxygen atoms in total. The Bertz CT molecular complexity index is 503. The molecule has 1 aromatic heterocycles. The maximum absolute atomic E-state index is 11.4. The third kappa shape index (κ3) is 3.45. The molecule has 1 fully saturated rings. The Morgan fingerprint density at radius 3 is 2.85 bits per heavy atom. The zero-order valence-corrected chi connectivity index (χ0v) is 11.7. The number of aromatic nitrogens is 1. The number of amides is 1. The molecule has 106 valence electrons. The van der Waals surface area contributed by atoms with E-state index in [-0.39, 0.29) is 5.91 Å². The normalized spacial score (nSPS) is 15.2. The molecular weight excluding hydrogens is 252 g/mol. The van der Waals surface area contributed by atoms with Crippen molar-refractivity contribution >= 4 is 11.6 Å². The van der Waals surface area contributed by atoms with Gasteiger partial charge in [0.2, 0.25) is 0 Å². The first-order valence-corrected chi connectivity index (χ1v) is 6.59. The minimum absolute atomic E-state index is 0.172. The minimum atomic E-state index is -0.172.